The minimum absolute atomic E-state index is 0.0600. The lowest BCUT2D eigenvalue weighted by atomic mass is 10.1. The van der Waals surface area contributed by atoms with Gasteiger partial charge >= 0.3 is 0 Å². The lowest BCUT2D eigenvalue weighted by Crippen LogP contribution is -2.42. The highest BCUT2D eigenvalue weighted by Crippen LogP contribution is 2.24. The van der Waals surface area contributed by atoms with Gasteiger partial charge in [-0.2, -0.15) is 0 Å². The van der Waals surface area contributed by atoms with E-state index in [1.54, 1.807) is 4.90 Å². The molecule has 1 fully saturated rings. The molecule has 0 spiro atoms. The number of imide groups is 1. The van der Waals surface area contributed by atoms with E-state index in [4.69, 9.17) is 0 Å². The van der Waals surface area contributed by atoms with E-state index >= 15 is 0 Å². The van der Waals surface area contributed by atoms with Gasteiger partial charge in [0.15, 0.2) is 0 Å². The quantitative estimate of drug-likeness (QED) is 0.805. The Bertz CT molecular complexity index is 484. The van der Waals surface area contributed by atoms with Gasteiger partial charge in [0.05, 0.1) is 13.0 Å². The predicted octanol–water partition coefficient (Wildman–Crippen LogP) is 0.551. The van der Waals surface area contributed by atoms with E-state index in [0.717, 1.165) is 16.2 Å². The summed E-state index contributed by atoms with van der Waals surface area (Å²) in [7, 11) is 1.50. The van der Waals surface area contributed by atoms with E-state index < -0.39 is 6.04 Å². The molecule has 19 heavy (non-hydrogen) atoms. The summed E-state index contributed by atoms with van der Waals surface area (Å²) < 4.78 is 0. The second kappa shape index (κ2) is 5.40. The summed E-state index contributed by atoms with van der Waals surface area (Å²) in [6.45, 7) is 2.26. The molecule has 1 saturated heterocycles. The molecule has 5 heteroatoms. The summed E-state index contributed by atoms with van der Waals surface area (Å²) in [6, 6.07) is 7.20. The molecular weight excluding hydrogens is 244 g/mol. The molecule has 0 aromatic heterocycles. The van der Waals surface area contributed by atoms with Crippen molar-refractivity contribution in [2.75, 3.05) is 25.1 Å². The lowest BCUT2D eigenvalue weighted by Gasteiger charge is -2.28. The molecule has 0 radical (unpaired) electrons. The lowest BCUT2D eigenvalue weighted by molar-refractivity contribution is -0.136. The number of likely N-dealkylation sites (N-methyl/N-ethyl adjacent to an activating group) is 1. The highest BCUT2D eigenvalue weighted by Gasteiger charge is 2.39. The number of rotatable bonds is 4. The van der Waals surface area contributed by atoms with Gasteiger partial charge in [0, 0.05) is 19.3 Å². The van der Waals surface area contributed by atoms with Gasteiger partial charge in [-0.3, -0.25) is 14.5 Å². The molecule has 0 bridgehead atoms. The summed E-state index contributed by atoms with van der Waals surface area (Å²) >= 11 is 0. The number of benzene rings is 1. The summed E-state index contributed by atoms with van der Waals surface area (Å²) in [5.41, 5.74) is 1.97. The van der Waals surface area contributed by atoms with E-state index in [1.807, 2.05) is 31.2 Å². The third-order valence-electron chi connectivity index (χ3n) is 3.44. The van der Waals surface area contributed by atoms with Crippen molar-refractivity contribution >= 4 is 17.5 Å². The van der Waals surface area contributed by atoms with Crippen molar-refractivity contribution in [3.63, 3.8) is 0 Å². The first-order chi connectivity index (χ1) is 9.04. The number of aliphatic hydroxyl groups is 1. The normalized spacial score (nSPS) is 19.1. The first-order valence-electron chi connectivity index (χ1n) is 6.29. The molecule has 1 aliphatic rings. The molecule has 0 saturated carbocycles. The third-order valence-corrected chi connectivity index (χ3v) is 3.44. The molecule has 1 aromatic carbocycles. The van der Waals surface area contributed by atoms with Crippen LogP contribution in [0.1, 0.15) is 12.0 Å². The summed E-state index contributed by atoms with van der Waals surface area (Å²) in [4.78, 5) is 26.6. The van der Waals surface area contributed by atoms with E-state index in [-0.39, 0.29) is 24.8 Å². The SMILES string of the molecule is Cc1ccc(N(CCO)C2CC(=O)N(C)C2=O)cc1. The molecule has 1 heterocycles. The minimum atomic E-state index is -0.507. The maximum absolute atomic E-state index is 12.1. The second-order valence-corrected chi connectivity index (χ2v) is 4.76. The van der Waals surface area contributed by atoms with Crippen LogP contribution in [-0.2, 0) is 9.59 Å². The average Bonchev–Trinajstić information content (AvgIpc) is 2.65. The Balaban J connectivity index is 2.28. The van der Waals surface area contributed by atoms with Crippen molar-refractivity contribution in [1.82, 2.24) is 4.90 Å². The standard InChI is InChI=1S/C14H18N2O3/c1-10-3-5-11(6-4-10)16(7-8-17)12-9-13(18)15(2)14(12)19/h3-6,12,17H,7-9H2,1-2H3. The second-order valence-electron chi connectivity index (χ2n) is 4.76. The van der Waals surface area contributed by atoms with Crippen molar-refractivity contribution in [1.29, 1.82) is 0 Å². The van der Waals surface area contributed by atoms with Crippen LogP contribution in [-0.4, -0.2) is 48.1 Å². The summed E-state index contributed by atoms with van der Waals surface area (Å²) in [5, 5.41) is 9.18. The molecule has 5 nitrogen and oxygen atoms in total. The number of likely N-dealkylation sites (tertiary alicyclic amines) is 1. The first kappa shape index (κ1) is 13.5. The largest absolute Gasteiger partial charge is 0.395 e. The number of anilines is 1. The van der Waals surface area contributed by atoms with Crippen molar-refractivity contribution in [3.05, 3.63) is 29.8 Å². The van der Waals surface area contributed by atoms with Crippen LogP contribution < -0.4 is 4.90 Å². The van der Waals surface area contributed by atoms with E-state index in [0.29, 0.717) is 6.54 Å². The first-order valence-corrected chi connectivity index (χ1v) is 6.29. The Morgan fingerprint density at radius 2 is 1.95 bits per heavy atom. The van der Waals surface area contributed by atoms with Crippen LogP contribution >= 0.6 is 0 Å². The maximum atomic E-state index is 12.1. The zero-order valence-electron chi connectivity index (χ0n) is 11.2. The van der Waals surface area contributed by atoms with Crippen molar-refractivity contribution in [2.24, 2.45) is 0 Å². The monoisotopic (exact) mass is 262 g/mol. The Labute approximate surface area is 112 Å². The van der Waals surface area contributed by atoms with Crippen molar-refractivity contribution < 1.29 is 14.7 Å². The predicted molar refractivity (Wildman–Crippen MR) is 71.8 cm³/mol. The Morgan fingerprint density at radius 1 is 1.32 bits per heavy atom. The highest BCUT2D eigenvalue weighted by atomic mass is 16.3. The van der Waals surface area contributed by atoms with Crippen LogP contribution in [0.25, 0.3) is 0 Å². The Hall–Kier alpha value is -1.88. The number of carbonyl (C=O) groups excluding carboxylic acids is 2. The maximum Gasteiger partial charge on any atom is 0.252 e. The number of carbonyl (C=O) groups is 2. The van der Waals surface area contributed by atoms with Gasteiger partial charge in [0.2, 0.25) is 5.91 Å². The highest BCUT2D eigenvalue weighted by molar-refractivity contribution is 6.06. The smallest absolute Gasteiger partial charge is 0.252 e. The number of hydrogen-bond acceptors (Lipinski definition) is 4. The molecule has 2 rings (SSSR count). The fraction of sp³-hybridized carbons (Fsp3) is 0.429. The molecule has 1 N–H and O–H groups in total. The Kier molecular flexibility index (Phi) is 3.85. The van der Waals surface area contributed by atoms with E-state index in [1.165, 1.54) is 7.05 Å². The third kappa shape index (κ3) is 2.61. The molecule has 1 atom stereocenters. The van der Waals surface area contributed by atoms with Crippen LogP contribution in [0, 0.1) is 6.92 Å². The van der Waals surface area contributed by atoms with Gasteiger partial charge < -0.3 is 10.0 Å². The fourth-order valence-corrected chi connectivity index (χ4v) is 2.29. The molecule has 1 aromatic rings. The van der Waals surface area contributed by atoms with Crippen LogP contribution in [0.15, 0.2) is 24.3 Å². The van der Waals surface area contributed by atoms with Gasteiger partial charge in [0.25, 0.3) is 5.91 Å². The van der Waals surface area contributed by atoms with Gasteiger partial charge in [0.1, 0.15) is 6.04 Å². The molecule has 0 aliphatic carbocycles. The van der Waals surface area contributed by atoms with Crippen LogP contribution in [0.4, 0.5) is 5.69 Å². The van der Waals surface area contributed by atoms with Crippen LogP contribution in [0.2, 0.25) is 0 Å². The molecule has 102 valence electrons. The van der Waals surface area contributed by atoms with Gasteiger partial charge in [-0.15, -0.1) is 0 Å². The van der Waals surface area contributed by atoms with Crippen LogP contribution in [0.5, 0.6) is 0 Å². The van der Waals surface area contributed by atoms with Crippen LogP contribution in [0.3, 0.4) is 0 Å². The summed E-state index contributed by atoms with van der Waals surface area (Å²) in [6.07, 6.45) is 0.170. The minimum Gasteiger partial charge on any atom is -0.395 e. The average molecular weight is 262 g/mol. The van der Waals surface area contributed by atoms with Gasteiger partial charge in [-0.05, 0) is 19.1 Å². The van der Waals surface area contributed by atoms with Gasteiger partial charge in [-0.1, -0.05) is 17.7 Å². The number of hydrogen-bond donors (Lipinski definition) is 1. The van der Waals surface area contributed by atoms with Crippen molar-refractivity contribution in [3.8, 4) is 0 Å². The summed E-state index contributed by atoms with van der Waals surface area (Å²) in [5.74, 6) is -0.385. The topological polar surface area (TPSA) is 60.9 Å². The number of aryl methyl sites for hydroxylation is 1. The van der Waals surface area contributed by atoms with E-state index in [9.17, 15) is 14.7 Å². The zero-order valence-corrected chi connectivity index (χ0v) is 11.2. The fourth-order valence-electron chi connectivity index (χ4n) is 2.29. The molecule has 2 amide bonds. The van der Waals surface area contributed by atoms with E-state index in [2.05, 4.69) is 0 Å². The number of amides is 2. The zero-order chi connectivity index (χ0) is 14.0. The number of nitrogens with zero attached hydrogens (tertiary/aromatic N) is 2. The molecular formula is C14H18N2O3. The van der Waals surface area contributed by atoms with Crippen molar-refractivity contribution in [2.45, 2.75) is 19.4 Å². The molecule has 1 unspecified atom stereocenters. The molecule has 1 aliphatic heterocycles. The Morgan fingerprint density at radius 3 is 2.42 bits per heavy atom. The van der Waals surface area contributed by atoms with Gasteiger partial charge in [-0.25, -0.2) is 0 Å². The number of aliphatic hydroxyl groups excluding tert-OH is 1.